The maximum absolute atomic E-state index is 4.31. The number of aliphatic imine (C=N–C) groups is 1. The molecule has 1 aromatic carbocycles. The van der Waals surface area contributed by atoms with Crippen LogP contribution >= 0.6 is 24.0 Å². The fourth-order valence-electron chi connectivity index (χ4n) is 2.31. The molecule has 24 heavy (non-hydrogen) atoms. The van der Waals surface area contributed by atoms with Crippen molar-refractivity contribution >= 4 is 29.9 Å². The molecule has 138 valence electrons. The lowest BCUT2D eigenvalue weighted by atomic mass is 10.1. The minimum Gasteiger partial charge on any atom is -0.354 e. The van der Waals surface area contributed by atoms with Crippen LogP contribution in [0.2, 0.25) is 0 Å². The van der Waals surface area contributed by atoms with Crippen LogP contribution < -0.4 is 10.6 Å². The van der Waals surface area contributed by atoms with E-state index in [1.54, 1.807) is 0 Å². The first-order valence-corrected chi connectivity index (χ1v) is 8.77. The molecule has 5 heteroatoms. The summed E-state index contributed by atoms with van der Waals surface area (Å²) in [6, 6.07) is 9.19. The van der Waals surface area contributed by atoms with E-state index in [2.05, 4.69) is 79.4 Å². The van der Waals surface area contributed by atoms with Gasteiger partial charge in [0, 0.05) is 26.2 Å². The van der Waals surface area contributed by atoms with Gasteiger partial charge in [-0.2, -0.15) is 0 Å². The van der Waals surface area contributed by atoms with Crippen LogP contribution in [0.3, 0.4) is 0 Å². The summed E-state index contributed by atoms with van der Waals surface area (Å²) in [6.45, 7) is 15.0. The molecule has 0 fully saturated rings. The Bertz CT molecular complexity index is 484. The summed E-state index contributed by atoms with van der Waals surface area (Å²) in [6.07, 6.45) is 0. The summed E-state index contributed by atoms with van der Waals surface area (Å²) in [4.78, 5) is 6.74. The molecular formula is C19H35IN4. The molecule has 0 spiro atoms. The van der Waals surface area contributed by atoms with Crippen molar-refractivity contribution in [3.8, 4) is 0 Å². The average molecular weight is 446 g/mol. The Balaban J connectivity index is 0.00000529. The number of benzene rings is 1. The molecule has 0 aromatic heterocycles. The van der Waals surface area contributed by atoms with Crippen LogP contribution in [0, 0.1) is 5.92 Å². The van der Waals surface area contributed by atoms with Crippen molar-refractivity contribution < 1.29 is 0 Å². The number of nitrogens with one attached hydrogen (secondary N) is 2. The number of rotatable bonds is 8. The highest BCUT2D eigenvalue weighted by atomic mass is 127. The molecule has 0 amide bonds. The Hall–Kier alpha value is -0.820. The molecule has 0 aliphatic heterocycles. The van der Waals surface area contributed by atoms with Gasteiger partial charge in [0.15, 0.2) is 5.96 Å². The monoisotopic (exact) mass is 446 g/mol. The van der Waals surface area contributed by atoms with Gasteiger partial charge < -0.3 is 10.6 Å². The zero-order valence-electron chi connectivity index (χ0n) is 16.1. The minimum atomic E-state index is 0. The minimum absolute atomic E-state index is 0. The average Bonchev–Trinajstić information content (AvgIpc) is 2.56. The lowest BCUT2D eigenvalue weighted by molar-refractivity contribution is 0.296. The van der Waals surface area contributed by atoms with Crippen LogP contribution in [-0.4, -0.2) is 37.0 Å². The van der Waals surface area contributed by atoms with Gasteiger partial charge in [0.05, 0.1) is 0 Å². The third-order valence-corrected chi connectivity index (χ3v) is 4.34. The van der Waals surface area contributed by atoms with E-state index in [4.69, 9.17) is 0 Å². The summed E-state index contributed by atoms with van der Waals surface area (Å²) < 4.78 is 0. The Morgan fingerprint density at radius 3 is 2.29 bits per heavy atom. The van der Waals surface area contributed by atoms with Crippen LogP contribution in [0.25, 0.3) is 0 Å². The molecule has 0 saturated carbocycles. The SMILES string of the molecule is CCN(CC)Cc1cccc(CNC(=NC)NC(C)C(C)C)c1.I. The second-order valence-corrected chi connectivity index (χ2v) is 6.38. The van der Waals surface area contributed by atoms with Gasteiger partial charge in [-0.25, -0.2) is 0 Å². The molecule has 0 heterocycles. The molecule has 1 unspecified atom stereocenters. The number of hydrogen-bond donors (Lipinski definition) is 2. The van der Waals surface area contributed by atoms with E-state index in [1.165, 1.54) is 11.1 Å². The van der Waals surface area contributed by atoms with E-state index in [1.807, 2.05) is 7.05 Å². The Labute approximate surface area is 165 Å². The predicted molar refractivity (Wildman–Crippen MR) is 116 cm³/mol. The summed E-state index contributed by atoms with van der Waals surface area (Å²) in [5, 5.41) is 6.84. The highest BCUT2D eigenvalue weighted by Crippen LogP contribution is 2.08. The Kier molecular flexibility index (Phi) is 12.1. The Morgan fingerprint density at radius 2 is 1.75 bits per heavy atom. The summed E-state index contributed by atoms with van der Waals surface area (Å²) in [7, 11) is 1.82. The van der Waals surface area contributed by atoms with Crippen LogP contribution in [0.5, 0.6) is 0 Å². The first-order chi connectivity index (χ1) is 11.0. The fourth-order valence-corrected chi connectivity index (χ4v) is 2.31. The van der Waals surface area contributed by atoms with Gasteiger partial charge in [0.25, 0.3) is 0 Å². The van der Waals surface area contributed by atoms with E-state index in [9.17, 15) is 0 Å². The second kappa shape index (κ2) is 12.5. The van der Waals surface area contributed by atoms with Gasteiger partial charge in [0.1, 0.15) is 0 Å². The normalized spacial score (nSPS) is 12.9. The summed E-state index contributed by atoms with van der Waals surface area (Å²) in [5.41, 5.74) is 2.65. The summed E-state index contributed by atoms with van der Waals surface area (Å²) >= 11 is 0. The molecule has 0 saturated heterocycles. The molecule has 0 aliphatic rings. The van der Waals surface area contributed by atoms with Crippen LogP contribution in [-0.2, 0) is 13.1 Å². The molecule has 1 aromatic rings. The van der Waals surface area contributed by atoms with Gasteiger partial charge in [-0.15, -0.1) is 24.0 Å². The quantitative estimate of drug-likeness (QED) is 0.362. The van der Waals surface area contributed by atoms with Crippen LogP contribution in [0.4, 0.5) is 0 Å². The van der Waals surface area contributed by atoms with Crippen molar-refractivity contribution in [1.82, 2.24) is 15.5 Å². The van der Waals surface area contributed by atoms with Crippen molar-refractivity contribution in [2.45, 2.75) is 53.8 Å². The van der Waals surface area contributed by atoms with Crippen LogP contribution in [0.15, 0.2) is 29.3 Å². The third-order valence-electron chi connectivity index (χ3n) is 4.34. The van der Waals surface area contributed by atoms with Gasteiger partial charge in [-0.3, -0.25) is 9.89 Å². The molecule has 1 rings (SSSR count). The standard InChI is InChI=1S/C19H34N4.HI/c1-7-23(8-2)14-18-11-9-10-17(12-18)13-21-19(20-6)22-16(5)15(3)4;/h9-12,15-16H,7-8,13-14H2,1-6H3,(H2,20,21,22);1H. The number of nitrogens with zero attached hydrogens (tertiary/aromatic N) is 2. The zero-order valence-corrected chi connectivity index (χ0v) is 18.4. The number of hydrogen-bond acceptors (Lipinski definition) is 2. The first-order valence-electron chi connectivity index (χ1n) is 8.77. The fraction of sp³-hybridized carbons (Fsp3) is 0.632. The van der Waals surface area contributed by atoms with Crippen molar-refractivity contribution in [2.75, 3.05) is 20.1 Å². The second-order valence-electron chi connectivity index (χ2n) is 6.38. The van der Waals surface area contributed by atoms with E-state index < -0.39 is 0 Å². The van der Waals surface area contributed by atoms with Crippen molar-refractivity contribution in [2.24, 2.45) is 10.9 Å². The van der Waals surface area contributed by atoms with E-state index in [0.29, 0.717) is 12.0 Å². The maximum atomic E-state index is 4.31. The molecule has 4 nitrogen and oxygen atoms in total. The lowest BCUT2D eigenvalue weighted by Crippen LogP contribution is -2.43. The zero-order chi connectivity index (χ0) is 17.2. The third kappa shape index (κ3) is 8.33. The molecule has 0 radical (unpaired) electrons. The predicted octanol–water partition coefficient (Wildman–Crippen LogP) is 3.86. The largest absolute Gasteiger partial charge is 0.354 e. The van der Waals surface area contributed by atoms with Crippen molar-refractivity contribution in [3.05, 3.63) is 35.4 Å². The smallest absolute Gasteiger partial charge is 0.191 e. The molecular weight excluding hydrogens is 411 g/mol. The van der Waals surface area contributed by atoms with Crippen molar-refractivity contribution in [3.63, 3.8) is 0 Å². The van der Waals surface area contributed by atoms with Gasteiger partial charge >= 0.3 is 0 Å². The van der Waals surface area contributed by atoms with Gasteiger partial charge in [-0.05, 0) is 37.1 Å². The first kappa shape index (κ1) is 23.2. The highest BCUT2D eigenvalue weighted by molar-refractivity contribution is 14.0. The number of guanidine groups is 1. The van der Waals surface area contributed by atoms with Gasteiger partial charge in [0.2, 0.25) is 0 Å². The van der Waals surface area contributed by atoms with E-state index in [-0.39, 0.29) is 24.0 Å². The lowest BCUT2D eigenvalue weighted by Gasteiger charge is -2.21. The molecule has 2 N–H and O–H groups in total. The summed E-state index contributed by atoms with van der Waals surface area (Å²) in [5.74, 6) is 1.44. The highest BCUT2D eigenvalue weighted by Gasteiger charge is 2.09. The number of halogens is 1. The topological polar surface area (TPSA) is 39.7 Å². The Morgan fingerprint density at radius 1 is 1.12 bits per heavy atom. The maximum Gasteiger partial charge on any atom is 0.191 e. The van der Waals surface area contributed by atoms with Gasteiger partial charge in [-0.1, -0.05) is 52.0 Å². The van der Waals surface area contributed by atoms with E-state index in [0.717, 1.165) is 32.1 Å². The molecule has 0 aliphatic carbocycles. The van der Waals surface area contributed by atoms with Crippen LogP contribution in [0.1, 0.15) is 45.7 Å². The molecule has 0 bridgehead atoms. The molecule has 1 atom stereocenters. The van der Waals surface area contributed by atoms with E-state index >= 15 is 0 Å². The van der Waals surface area contributed by atoms with Crippen molar-refractivity contribution in [1.29, 1.82) is 0 Å².